The van der Waals surface area contributed by atoms with Gasteiger partial charge in [-0.3, -0.25) is 4.79 Å². The molecule has 0 aliphatic carbocycles. The summed E-state index contributed by atoms with van der Waals surface area (Å²) in [6.45, 7) is 7.31. The predicted octanol–water partition coefficient (Wildman–Crippen LogP) is 4.25. The van der Waals surface area contributed by atoms with Gasteiger partial charge in [-0.1, -0.05) is 25.4 Å². The minimum atomic E-state index is -0.369. The number of hydrogen-bond donors (Lipinski definition) is 1. The van der Waals surface area contributed by atoms with Crippen LogP contribution in [0, 0.1) is 0 Å². The van der Waals surface area contributed by atoms with E-state index in [1.807, 2.05) is 0 Å². The molecule has 0 heterocycles. The van der Waals surface area contributed by atoms with Gasteiger partial charge in [-0.25, -0.2) is 4.79 Å². The summed E-state index contributed by atoms with van der Waals surface area (Å²) in [5.74, 6) is 0.117. The molecule has 0 aliphatic heterocycles. The van der Waals surface area contributed by atoms with E-state index < -0.39 is 0 Å². The van der Waals surface area contributed by atoms with Gasteiger partial charge >= 0.3 is 5.97 Å². The number of ether oxygens (including phenoxy) is 2. The van der Waals surface area contributed by atoms with E-state index in [1.165, 1.54) is 0 Å². The van der Waals surface area contributed by atoms with Crippen LogP contribution in [0.25, 0.3) is 0 Å². The highest BCUT2D eigenvalue weighted by Crippen LogP contribution is 2.16. The summed E-state index contributed by atoms with van der Waals surface area (Å²) in [6.07, 6.45) is 0.206. The van der Waals surface area contributed by atoms with Gasteiger partial charge in [-0.2, -0.15) is 0 Å². The molecule has 0 unspecified atom stereocenters. The highest BCUT2D eigenvalue weighted by Gasteiger charge is 2.09. The van der Waals surface area contributed by atoms with Crippen LogP contribution in [0.4, 0.5) is 5.69 Å². The molecular formula is C22H27ClN2O4. The zero-order valence-electron chi connectivity index (χ0n) is 16.8. The van der Waals surface area contributed by atoms with Crippen molar-refractivity contribution in [1.82, 2.24) is 4.90 Å². The standard InChI is InChI=1S/C22H27ClN2O4/c1-3-25(4-2)14-16-29-22(27)17-5-9-19(10-6-17)24-21(26)13-15-28-20-11-7-18(23)8-12-20/h5-12H,3-4,13-16H2,1-2H3,(H,24,26). The molecule has 0 aromatic heterocycles. The lowest BCUT2D eigenvalue weighted by atomic mass is 10.2. The van der Waals surface area contributed by atoms with Gasteiger partial charge in [0.2, 0.25) is 5.91 Å². The number of esters is 1. The zero-order chi connectivity index (χ0) is 21.1. The summed E-state index contributed by atoms with van der Waals surface area (Å²) < 4.78 is 10.8. The fourth-order valence-corrected chi connectivity index (χ4v) is 2.72. The minimum Gasteiger partial charge on any atom is -0.493 e. The van der Waals surface area contributed by atoms with Crippen LogP contribution < -0.4 is 10.1 Å². The normalized spacial score (nSPS) is 10.6. The molecule has 156 valence electrons. The number of carbonyl (C=O) groups excluding carboxylic acids is 2. The second-order valence-corrected chi connectivity index (χ2v) is 6.78. The number of rotatable bonds is 11. The molecule has 0 fully saturated rings. The Morgan fingerprint density at radius 3 is 2.24 bits per heavy atom. The Balaban J connectivity index is 1.72. The minimum absolute atomic E-state index is 0.173. The first-order valence-electron chi connectivity index (χ1n) is 9.69. The average Bonchev–Trinajstić information content (AvgIpc) is 2.73. The van der Waals surface area contributed by atoms with E-state index in [0.29, 0.717) is 35.2 Å². The molecule has 0 saturated carbocycles. The monoisotopic (exact) mass is 418 g/mol. The van der Waals surface area contributed by atoms with E-state index in [2.05, 4.69) is 24.1 Å². The molecule has 29 heavy (non-hydrogen) atoms. The maximum atomic E-state index is 12.1. The van der Waals surface area contributed by atoms with Crippen LogP contribution in [0.1, 0.15) is 30.6 Å². The van der Waals surface area contributed by atoms with Gasteiger partial charge in [0.1, 0.15) is 12.4 Å². The predicted molar refractivity (Wildman–Crippen MR) is 115 cm³/mol. The smallest absolute Gasteiger partial charge is 0.338 e. The third kappa shape index (κ3) is 8.13. The van der Waals surface area contributed by atoms with E-state index in [-0.39, 0.29) is 24.9 Å². The highest BCUT2D eigenvalue weighted by atomic mass is 35.5. The largest absolute Gasteiger partial charge is 0.493 e. The number of nitrogens with one attached hydrogen (secondary N) is 1. The van der Waals surface area contributed by atoms with E-state index in [4.69, 9.17) is 21.1 Å². The summed E-state index contributed by atoms with van der Waals surface area (Å²) >= 11 is 5.82. The van der Waals surface area contributed by atoms with Crippen molar-refractivity contribution < 1.29 is 19.1 Å². The lowest BCUT2D eigenvalue weighted by molar-refractivity contribution is -0.116. The molecule has 0 atom stereocenters. The van der Waals surface area contributed by atoms with Crippen molar-refractivity contribution in [2.24, 2.45) is 0 Å². The highest BCUT2D eigenvalue weighted by molar-refractivity contribution is 6.30. The molecule has 0 spiro atoms. The summed E-state index contributed by atoms with van der Waals surface area (Å²) in [6, 6.07) is 13.6. The Morgan fingerprint density at radius 1 is 0.966 bits per heavy atom. The van der Waals surface area contributed by atoms with Gasteiger partial charge < -0.3 is 19.7 Å². The second-order valence-electron chi connectivity index (χ2n) is 6.34. The third-order valence-electron chi connectivity index (χ3n) is 4.35. The maximum Gasteiger partial charge on any atom is 0.338 e. The summed E-state index contributed by atoms with van der Waals surface area (Å²) in [4.78, 5) is 26.3. The molecule has 2 aromatic carbocycles. The molecule has 2 aromatic rings. The Bertz CT molecular complexity index is 774. The fourth-order valence-electron chi connectivity index (χ4n) is 2.60. The maximum absolute atomic E-state index is 12.1. The number of anilines is 1. The van der Waals surface area contributed by atoms with Crippen molar-refractivity contribution in [3.8, 4) is 5.75 Å². The molecule has 2 rings (SSSR count). The van der Waals surface area contributed by atoms with Crippen molar-refractivity contribution in [2.45, 2.75) is 20.3 Å². The molecule has 7 heteroatoms. The molecule has 6 nitrogen and oxygen atoms in total. The van der Waals surface area contributed by atoms with Gasteiger partial charge in [-0.05, 0) is 61.6 Å². The van der Waals surface area contributed by atoms with E-state index in [1.54, 1.807) is 48.5 Å². The van der Waals surface area contributed by atoms with E-state index >= 15 is 0 Å². The van der Waals surface area contributed by atoms with Crippen LogP contribution in [-0.4, -0.2) is 49.6 Å². The third-order valence-corrected chi connectivity index (χ3v) is 4.60. The Hall–Kier alpha value is -2.57. The number of likely N-dealkylation sites (N-methyl/N-ethyl adjacent to an activating group) is 1. The SMILES string of the molecule is CCN(CC)CCOC(=O)c1ccc(NC(=O)CCOc2ccc(Cl)cc2)cc1. The Morgan fingerprint density at radius 2 is 1.62 bits per heavy atom. The van der Waals surface area contributed by atoms with Crippen LogP contribution in [0.2, 0.25) is 5.02 Å². The Kier molecular flexibility index (Phi) is 9.47. The summed E-state index contributed by atoms with van der Waals surface area (Å²) in [5, 5.41) is 3.41. The van der Waals surface area contributed by atoms with Gasteiger partial charge in [-0.15, -0.1) is 0 Å². The van der Waals surface area contributed by atoms with Crippen LogP contribution in [0.15, 0.2) is 48.5 Å². The molecule has 0 aliphatic rings. The number of halogens is 1. The number of benzene rings is 2. The first kappa shape index (κ1) is 22.7. The average molecular weight is 419 g/mol. The van der Waals surface area contributed by atoms with Crippen LogP contribution in [0.5, 0.6) is 5.75 Å². The summed E-state index contributed by atoms with van der Waals surface area (Å²) in [5.41, 5.74) is 1.06. The number of hydrogen-bond acceptors (Lipinski definition) is 5. The van der Waals surface area contributed by atoms with Crippen molar-refractivity contribution in [2.75, 3.05) is 38.2 Å². The van der Waals surface area contributed by atoms with Gasteiger partial charge in [0, 0.05) is 17.3 Å². The molecule has 0 saturated heterocycles. The quantitative estimate of drug-likeness (QED) is 0.552. The first-order chi connectivity index (χ1) is 14.0. The zero-order valence-corrected chi connectivity index (χ0v) is 17.6. The molecule has 1 N–H and O–H groups in total. The topological polar surface area (TPSA) is 67.9 Å². The second kappa shape index (κ2) is 12.1. The van der Waals surface area contributed by atoms with Crippen LogP contribution in [0.3, 0.4) is 0 Å². The van der Waals surface area contributed by atoms with Gasteiger partial charge in [0.15, 0.2) is 0 Å². The molecular weight excluding hydrogens is 392 g/mol. The number of nitrogens with zero attached hydrogens (tertiary/aromatic N) is 1. The first-order valence-corrected chi connectivity index (χ1v) is 10.1. The fraction of sp³-hybridized carbons (Fsp3) is 0.364. The molecule has 0 radical (unpaired) electrons. The van der Waals surface area contributed by atoms with Crippen molar-refractivity contribution in [3.63, 3.8) is 0 Å². The summed E-state index contributed by atoms with van der Waals surface area (Å²) in [7, 11) is 0. The van der Waals surface area contributed by atoms with E-state index in [9.17, 15) is 9.59 Å². The van der Waals surface area contributed by atoms with Crippen LogP contribution >= 0.6 is 11.6 Å². The number of amides is 1. The Labute approximate surface area is 176 Å². The lowest BCUT2D eigenvalue weighted by Gasteiger charge is -2.17. The van der Waals surface area contributed by atoms with Gasteiger partial charge in [0.25, 0.3) is 0 Å². The van der Waals surface area contributed by atoms with Crippen LogP contribution in [-0.2, 0) is 9.53 Å². The van der Waals surface area contributed by atoms with Crippen molar-refractivity contribution >= 4 is 29.2 Å². The number of carbonyl (C=O) groups is 2. The van der Waals surface area contributed by atoms with Crippen molar-refractivity contribution in [3.05, 3.63) is 59.1 Å². The van der Waals surface area contributed by atoms with Gasteiger partial charge in [0.05, 0.1) is 18.6 Å². The lowest BCUT2D eigenvalue weighted by Crippen LogP contribution is -2.27. The molecule has 1 amide bonds. The van der Waals surface area contributed by atoms with E-state index in [0.717, 1.165) is 13.1 Å². The molecule has 0 bridgehead atoms. The van der Waals surface area contributed by atoms with Crippen molar-refractivity contribution in [1.29, 1.82) is 0 Å².